The summed E-state index contributed by atoms with van der Waals surface area (Å²) in [7, 11) is 1.54. The van der Waals surface area contributed by atoms with Gasteiger partial charge in [-0.15, -0.1) is 0 Å². The Morgan fingerprint density at radius 2 is 1.95 bits per heavy atom. The van der Waals surface area contributed by atoms with Crippen molar-refractivity contribution in [2.75, 3.05) is 19.0 Å². The predicted octanol–water partition coefficient (Wildman–Crippen LogP) is 1.93. The molecule has 0 radical (unpaired) electrons. The number of carbonyl (C=O) groups excluding carboxylic acids is 1. The molecule has 0 fully saturated rings. The van der Waals surface area contributed by atoms with E-state index in [4.69, 9.17) is 9.84 Å². The first kappa shape index (κ1) is 15.0. The number of carbonyl (C=O) groups is 2. The van der Waals surface area contributed by atoms with E-state index in [-0.39, 0.29) is 11.3 Å². The van der Waals surface area contributed by atoms with Crippen LogP contribution in [0.4, 0.5) is 10.5 Å². The van der Waals surface area contributed by atoms with Gasteiger partial charge in [0.2, 0.25) is 0 Å². The third kappa shape index (κ3) is 4.59. The molecule has 0 aliphatic rings. The number of methoxy groups -OCH3 is 1. The second-order valence-electron chi connectivity index (χ2n) is 4.75. The molecule has 0 aromatic heterocycles. The van der Waals surface area contributed by atoms with Gasteiger partial charge in [-0.3, -0.25) is 0 Å². The lowest BCUT2D eigenvalue weighted by Gasteiger charge is -2.25. The SMILES string of the molecule is COCC(C)(C)NC(=O)Nc1ccccc1C(=O)O. The van der Waals surface area contributed by atoms with Gasteiger partial charge in [-0.1, -0.05) is 12.1 Å². The number of ether oxygens (including phenoxy) is 1. The number of carboxylic acids is 1. The number of amides is 2. The molecule has 0 saturated carbocycles. The smallest absolute Gasteiger partial charge is 0.337 e. The molecule has 2 amide bonds. The highest BCUT2D eigenvalue weighted by Gasteiger charge is 2.21. The molecule has 1 aromatic rings. The van der Waals surface area contributed by atoms with E-state index >= 15 is 0 Å². The fourth-order valence-corrected chi connectivity index (χ4v) is 1.64. The Labute approximate surface area is 111 Å². The van der Waals surface area contributed by atoms with Gasteiger partial charge < -0.3 is 20.5 Å². The summed E-state index contributed by atoms with van der Waals surface area (Å²) < 4.78 is 4.98. The maximum Gasteiger partial charge on any atom is 0.337 e. The monoisotopic (exact) mass is 266 g/mol. The summed E-state index contributed by atoms with van der Waals surface area (Å²) in [5, 5.41) is 14.2. The van der Waals surface area contributed by atoms with E-state index in [2.05, 4.69) is 10.6 Å². The summed E-state index contributed by atoms with van der Waals surface area (Å²) in [5.41, 5.74) is -0.250. The number of anilines is 1. The van der Waals surface area contributed by atoms with Crippen molar-refractivity contribution in [2.24, 2.45) is 0 Å². The molecule has 0 atom stereocenters. The Kier molecular flexibility index (Phi) is 4.88. The number of nitrogens with one attached hydrogen (secondary N) is 2. The van der Waals surface area contributed by atoms with Crippen LogP contribution in [0.1, 0.15) is 24.2 Å². The molecule has 19 heavy (non-hydrogen) atoms. The summed E-state index contributed by atoms with van der Waals surface area (Å²) in [5.74, 6) is -1.09. The van der Waals surface area contributed by atoms with Gasteiger partial charge in [-0.2, -0.15) is 0 Å². The van der Waals surface area contributed by atoms with Crippen molar-refractivity contribution in [3.05, 3.63) is 29.8 Å². The number of rotatable bonds is 5. The van der Waals surface area contributed by atoms with E-state index in [1.165, 1.54) is 12.1 Å². The molecule has 0 aliphatic carbocycles. The van der Waals surface area contributed by atoms with Crippen molar-refractivity contribution >= 4 is 17.7 Å². The quantitative estimate of drug-likeness (QED) is 0.760. The van der Waals surface area contributed by atoms with Crippen LogP contribution in [0.3, 0.4) is 0 Å². The number of aromatic carboxylic acids is 1. The van der Waals surface area contributed by atoms with Crippen LogP contribution in [0, 0.1) is 0 Å². The zero-order chi connectivity index (χ0) is 14.5. The third-order valence-electron chi connectivity index (χ3n) is 2.36. The number of para-hydroxylation sites is 1. The van der Waals surface area contributed by atoms with Crippen LogP contribution in [0.2, 0.25) is 0 Å². The average molecular weight is 266 g/mol. The zero-order valence-electron chi connectivity index (χ0n) is 11.2. The van der Waals surface area contributed by atoms with Crippen LogP contribution in [0.15, 0.2) is 24.3 Å². The van der Waals surface area contributed by atoms with Crippen molar-refractivity contribution in [3.63, 3.8) is 0 Å². The van der Waals surface area contributed by atoms with Crippen LogP contribution >= 0.6 is 0 Å². The van der Waals surface area contributed by atoms with Crippen LogP contribution in [0.25, 0.3) is 0 Å². The normalized spacial score (nSPS) is 10.9. The lowest BCUT2D eigenvalue weighted by molar-refractivity contribution is 0.0698. The molecule has 0 saturated heterocycles. The van der Waals surface area contributed by atoms with Crippen LogP contribution in [-0.4, -0.2) is 36.4 Å². The van der Waals surface area contributed by atoms with Gasteiger partial charge in [0.15, 0.2) is 0 Å². The van der Waals surface area contributed by atoms with Crippen molar-refractivity contribution in [2.45, 2.75) is 19.4 Å². The molecule has 3 N–H and O–H groups in total. The van der Waals surface area contributed by atoms with Gasteiger partial charge >= 0.3 is 12.0 Å². The molecule has 1 aromatic carbocycles. The van der Waals surface area contributed by atoms with Crippen LogP contribution < -0.4 is 10.6 Å². The second kappa shape index (κ2) is 6.19. The summed E-state index contributed by atoms with van der Waals surface area (Å²) in [6, 6.07) is 5.74. The Balaban J connectivity index is 2.75. The molecule has 0 bridgehead atoms. The lowest BCUT2D eigenvalue weighted by Crippen LogP contribution is -2.48. The minimum Gasteiger partial charge on any atom is -0.478 e. The second-order valence-corrected chi connectivity index (χ2v) is 4.75. The van der Waals surface area contributed by atoms with Gasteiger partial charge in [0, 0.05) is 7.11 Å². The minimum absolute atomic E-state index is 0.0437. The first-order valence-electron chi connectivity index (χ1n) is 5.76. The van der Waals surface area contributed by atoms with Crippen LogP contribution in [0.5, 0.6) is 0 Å². The first-order chi connectivity index (χ1) is 8.85. The summed E-state index contributed by atoms with van der Waals surface area (Å²) >= 11 is 0. The third-order valence-corrected chi connectivity index (χ3v) is 2.36. The van der Waals surface area contributed by atoms with E-state index < -0.39 is 17.5 Å². The predicted molar refractivity (Wildman–Crippen MR) is 71.5 cm³/mol. The van der Waals surface area contributed by atoms with Crippen LogP contribution in [-0.2, 0) is 4.74 Å². The molecule has 6 nitrogen and oxygen atoms in total. The fraction of sp³-hybridized carbons (Fsp3) is 0.385. The molecule has 104 valence electrons. The Morgan fingerprint density at radius 1 is 1.32 bits per heavy atom. The topological polar surface area (TPSA) is 87.7 Å². The molecule has 0 spiro atoms. The van der Waals surface area contributed by atoms with E-state index in [1.807, 2.05) is 0 Å². The van der Waals surface area contributed by atoms with E-state index in [0.29, 0.717) is 6.61 Å². The molecule has 0 heterocycles. The van der Waals surface area contributed by atoms with E-state index in [0.717, 1.165) is 0 Å². The highest BCUT2D eigenvalue weighted by Crippen LogP contribution is 2.15. The zero-order valence-corrected chi connectivity index (χ0v) is 11.2. The van der Waals surface area contributed by atoms with Crippen molar-refractivity contribution < 1.29 is 19.4 Å². The lowest BCUT2D eigenvalue weighted by atomic mass is 10.1. The highest BCUT2D eigenvalue weighted by atomic mass is 16.5. The fourth-order valence-electron chi connectivity index (χ4n) is 1.64. The van der Waals surface area contributed by atoms with Gasteiger partial charge in [0.25, 0.3) is 0 Å². The van der Waals surface area contributed by atoms with Crippen molar-refractivity contribution in [1.82, 2.24) is 5.32 Å². The van der Waals surface area contributed by atoms with E-state index in [1.54, 1.807) is 33.1 Å². The Bertz CT molecular complexity index is 471. The van der Waals surface area contributed by atoms with Gasteiger partial charge in [-0.25, -0.2) is 9.59 Å². The minimum atomic E-state index is -1.09. The largest absolute Gasteiger partial charge is 0.478 e. The number of hydrogen-bond acceptors (Lipinski definition) is 3. The highest BCUT2D eigenvalue weighted by molar-refractivity contribution is 6.00. The molecule has 1 rings (SSSR count). The molecule has 0 aliphatic heterocycles. The number of carboxylic acid groups (broad SMARTS) is 1. The number of hydrogen-bond donors (Lipinski definition) is 3. The number of urea groups is 1. The molecular weight excluding hydrogens is 248 g/mol. The Morgan fingerprint density at radius 3 is 2.53 bits per heavy atom. The summed E-state index contributed by atoms with van der Waals surface area (Å²) in [6.45, 7) is 3.96. The van der Waals surface area contributed by atoms with Gasteiger partial charge in [-0.05, 0) is 26.0 Å². The average Bonchev–Trinajstić information content (AvgIpc) is 2.28. The van der Waals surface area contributed by atoms with Crippen molar-refractivity contribution in [1.29, 1.82) is 0 Å². The van der Waals surface area contributed by atoms with E-state index in [9.17, 15) is 9.59 Å². The molecular formula is C13H18N2O4. The Hall–Kier alpha value is -2.08. The first-order valence-corrected chi connectivity index (χ1v) is 5.76. The summed E-state index contributed by atoms with van der Waals surface area (Å²) in [4.78, 5) is 22.8. The standard InChI is InChI=1S/C13H18N2O4/c1-13(2,8-19-3)15-12(18)14-10-7-5-4-6-9(10)11(16)17/h4-7H,8H2,1-3H3,(H,16,17)(H2,14,15,18). The van der Waals surface area contributed by atoms with Crippen molar-refractivity contribution in [3.8, 4) is 0 Å². The molecule has 0 unspecified atom stereocenters. The summed E-state index contributed by atoms with van der Waals surface area (Å²) in [6.07, 6.45) is 0. The maximum absolute atomic E-state index is 11.8. The number of benzene rings is 1. The molecule has 6 heteroatoms. The maximum atomic E-state index is 11.8. The van der Waals surface area contributed by atoms with Gasteiger partial charge in [0.1, 0.15) is 0 Å². The van der Waals surface area contributed by atoms with Gasteiger partial charge in [0.05, 0.1) is 23.4 Å².